The monoisotopic (exact) mass is 260 g/mol. The van der Waals surface area contributed by atoms with Crippen molar-refractivity contribution >= 4 is 5.97 Å². The number of carboxylic acids is 1. The smallest absolute Gasteiger partial charge is 0.311 e. The van der Waals surface area contributed by atoms with Gasteiger partial charge in [0.2, 0.25) is 0 Å². The van der Waals surface area contributed by atoms with Crippen molar-refractivity contribution in [3.63, 3.8) is 0 Å². The number of benzene rings is 1. The molecule has 0 aliphatic carbocycles. The van der Waals surface area contributed by atoms with Crippen molar-refractivity contribution in [1.82, 2.24) is 0 Å². The van der Waals surface area contributed by atoms with Gasteiger partial charge in [0, 0.05) is 6.42 Å². The van der Waals surface area contributed by atoms with E-state index < -0.39 is 11.9 Å². The van der Waals surface area contributed by atoms with Crippen molar-refractivity contribution in [3.8, 4) is 5.75 Å². The number of carbonyl (C=O) groups is 1. The first-order valence-corrected chi connectivity index (χ1v) is 6.18. The topological polar surface area (TPSA) is 59.7 Å². The van der Waals surface area contributed by atoms with Crippen LogP contribution >= 0.6 is 0 Å². The largest absolute Gasteiger partial charge is 0.494 e. The van der Waals surface area contributed by atoms with E-state index in [4.69, 9.17) is 9.15 Å². The van der Waals surface area contributed by atoms with Crippen LogP contribution in [0, 0.1) is 0 Å². The molecule has 100 valence electrons. The van der Waals surface area contributed by atoms with Crippen LogP contribution in [0.4, 0.5) is 0 Å². The van der Waals surface area contributed by atoms with Gasteiger partial charge in [-0.3, -0.25) is 4.79 Å². The predicted octanol–water partition coefficient (Wildman–Crippen LogP) is 3.09. The maximum absolute atomic E-state index is 11.4. The predicted molar refractivity (Wildman–Crippen MR) is 70.4 cm³/mol. The molecular weight excluding hydrogens is 244 g/mol. The lowest BCUT2D eigenvalue weighted by Gasteiger charge is -2.12. The van der Waals surface area contributed by atoms with Gasteiger partial charge in [-0.25, -0.2) is 0 Å². The Morgan fingerprint density at radius 3 is 2.58 bits per heavy atom. The Bertz CT molecular complexity index is 514. The van der Waals surface area contributed by atoms with Crippen molar-refractivity contribution in [2.24, 2.45) is 0 Å². The maximum atomic E-state index is 11.4. The van der Waals surface area contributed by atoms with Crippen molar-refractivity contribution in [1.29, 1.82) is 0 Å². The molecule has 0 aliphatic heterocycles. The summed E-state index contributed by atoms with van der Waals surface area (Å²) in [5, 5.41) is 9.33. The van der Waals surface area contributed by atoms with Gasteiger partial charge in [-0.05, 0) is 36.8 Å². The van der Waals surface area contributed by atoms with E-state index in [9.17, 15) is 9.90 Å². The second-order valence-electron chi connectivity index (χ2n) is 4.18. The fourth-order valence-corrected chi connectivity index (χ4v) is 1.94. The van der Waals surface area contributed by atoms with Crippen LogP contribution in [-0.2, 0) is 11.2 Å². The van der Waals surface area contributed by atoms with E-state index >= 15 is 0 Å². The van der Waals surface area contributed by atoms with E-state index in [0.29, 0.717) is 18.8 Å². The van der Waals surface area contributed by atoms with Crippen LogP contribution in [0.25, 0.3) is 0 Å². The molecule has 1 atom stereocenters. The molecule has 2 aromatic rings. The van der Waals surface area contributed by atoms with Gasteiger partial charge in [-0.2, -0.15) is 0 Å². The minimum atomic E-state index is -0.861. The summed E-state index contributed by atoms with van der Waals surface area (Å²) in [4.78, 5) is 11.4. The molecule has 0 spiro atoms. The molecule has 0 radical (unpaired) electrons. The second kappa shape index (κ2) is 6.09. The third-order valence-corrected chi connectivity index (χ3v) is 2.88. The highest BCUT2D eigenvalue weighted by Crippen LogP contribution is 2.24. The lowest BCUT2D eigenvalue weighted by Crippen LogP contribution is -2.14. The molecule has 0 saturated carbocycles. The molecule has 0 saturated heterocycles. The molecule has 4 heteroatoms. The Balaban J connectivity index is 2.16. The third-order valence-electron chi connectivity index (χ3n) is 2.88. The molecule has 1 N–H and O–H groups in total. The van der Waals surface area contributed by atoms with E-state index in [1.54, 1.807) is 42.7 Å². The van der Waals surface area contributed by atoms with Crippen LogP contribution in [0.1, 0.15) is 24.2 Å². The van der Waals surface area contributed by atoms with Crippen molar-refractivity contribution < 1.29 is 19.1 Å². The van der Waals surface area contributed by atoms with Gasteiger partial charge in [-0.15, -0.1) is 0 Å². The van der Waals surface area contributed by atoms with Crippen molar-refractivity contribution in [3.05, 3.63) is 54.0 Å². The van der Waals surface area contributed by atoms with Crippen LogP contribution in [0.3, 0.4) is 0 Å². The van der Waals surface area contributed by atoms with Gasteiger partial charge in [-0.1, -0.05) is 12.1 Å². The van der Waals surface area contributed by atoms with E-state index in [-0.39, 0.29) is 0 Å². The number of rotatable bonds is 6. The first-order chi connectivity index (χ1) is 9.20. The van der Waals surface area contributed by atoms with Gasteiger partial charge < -0.3 is 14.3 Å². The highest BCUT2D eigenvalue weighted by atomic mass is 16.5. The first kappa shape index (κ1) is 13.2. The molecule has 1 aromatic carbocycles. The van der Waals surface area contributed by atoms with Gasteiger partial charge in [0.25, 0.3) is 0 Å². The van der Waals surface area contributed by atoms with E-state index in [1.807, 2.05) is 6.92 Å². The second-order valence-corrected chi connectivity index (χ2v) is 4.18. The molecule has 0 bridgehead atoms. The molecule has 4 nitrogen and oxygen atoms in total. The number of hydrogen-bond acceptors (Lipinski definition) is 3. The third kappa shape index (κ3) is 3.37. The fraction of sp³-hybridized carbons (Fsp3) is 0.267. The highest BCUT2D eigenvalue weighted by molar-refractivity contribution is 5.76. The summed E-state index contributed by atoms with van der Waals surface area (Å²) in [6.07, 6.45) is 1.89. The number of hydrogen-bond donors (Lipinski definition) is 1. The summed E-state index contributed by atoms with van der Waals surface area (Å²) in [5.74, 6) is -0.0583. The molecule has 19 heavy (non-hydrogen) atoms. The molecule has 1 unspecified atom stereocenters. The molecule has 2 rings (SSSR count). The summed E-state index contributed by atoms with van der Waals surface area (Å²) in [5.41, 5.74) is 0.743. The maximum Gasteiger partial charge on any atom is 0.311 e. The fourth-order valence-electron chi connectivity index (χ4n) is 1.94. The van der Waals surface area contributed by atoms with Gasteiger partial charge in [0.15, 0.2) is 0 Å². The van der Waals surface area contributed by atoms with E-state index in [2.05, 4.69) is 0 Å². The molecule has 0 fully saturated rings. The van der Waals surface area contributed by atoms with Crippen LogP contribution in [0.5, 0.6) is 5.75 Å². The SMILES string of the molecule is CCOc1ccc(C(Cc2ccco2)C(=O)O)cc1. The Hall–Kier alpha value is -2.23. The summed E-state index contributed by atoms with van der Waals surface area (Å²) in [7, 11) is 0. The van der Waals surface area contributed by atoms with E-state index in [0.717, 1.165) is 11.3 Å². The van der Waals surface area contributed by atoms with Crippen molar-refractivity contribution in [2.45, 2.75) is 19.3 Å². The van der Waals surface area contributed by atoms with Crippen LogP contribution in [0.15, 0.2) is 47.1 Å². The Kier molecular flexibility index (Phi) is 4.23. The zero-order chi connectivity index (χ0) is 13.7. The first-order valence-electron chi connectivity index (χ1n) is 6.18. The van der Waals surface area contributed by atoms with Gasteiger partial charge >= 0.3 is 5.97 Å². The lowest BCUT2D eigenvalue weighted by molar-refractivity contribution is -0.138. The standard InChI is InChI=1S/C15H16O4/c1-2-18-12-7-5-11(6-8-12)14(15(16)17)10-13-4-3-9-19-13/h3-9,14H,2,10H2,1H3,(H,16,17). The van der Waals surface area contributed by atoms with Crippen LogP contribution in [-0.4, -0.2) is 17.7 Å². The average Bonchev–Trinajstić information content (AvgIpc) is 2.90. The summed E-state index contributed by atoms with van der Waals surface area (Å²) in [6.45, 7) is 2.50. The molecular formula is C15H16O4. The molecule has 1 heterocycles. The number of ether oxygens (including phenoxy) is 1. The van der Waals surface area contributed by atoms with Gasteiger partial charge in [0.1, 0.15) is 11.5 Å². The number of aliphatic carboxylic acids is 1. The lowest BCUT2D eigenvalue weighted by atomic mass is 9.95. The highest BCUT2D eigenvalue weighted by Gasteiger charge is 2.21. The summed E-state index contributed by atoms with van der Waals surface area (Å²) in [6, 6.07) is 10.7. The molecule has 0 amide bonds. The summed E-state index contributed by atoms with van der Waals surface area (Å²) >= 11 is 0. The van der Waals surface area contributed by atoms with Crippen molar-refractivity contribution in [2.75, 3.05) is 6.61 Å². The zero-order valence-corrected chi connectivity index (χ0v) is 10.7. The number of carboxylic acid groups (broad SMARTS) is 1. The minimum absolute atomic E-state index is 0.344. The average molecular weight is 260 g/mol. The Morgan fingerprint density at radius 2 is 2.05 bits per heavy atom. The van der Waals surface area contributed by atoms with Crippen LogP contribution < -0.4 is 4.74 Å². The molecule has 1 aromatic heterocycles. The van der Waals surface area contributed by atoms with E-state index in [1.165, 1.54) is 0 Å². The Labute approximate surface area is 111 Å². The number of furan rings is 1. The normalized spacial score (nSPS) is 12.1. The van der Waals surface area contributed by atoms with Crippen LogP contribution in [0.2, 0.25) is 0 Å². The van der Waals surface area contributed by atoms with Gasteiger partial charge in [0.05, 0.1) is 18.8 Å². The zero-order valence-electron chi connectivity index (χ0n) is 10.7. The Morgan fingerprint density at radius 1 is 1.32 bits per heavy atom. The quantitative estimate of drug-likeness (QED) is 0.867. The molecule has 0 aliphatic rings. The minimum Gasteiger partial charge on any atom is -0.494 e. The summed E-state index contributed by atoms with van der Waals surface area (Å²) < 4.78 is 10.6.